The second kappa shape index (κ2) is 13.5. The molecular formula is C21H36N3O8PS. The van der Waals surface area contributed by atoms with Crippen molar-refractivity contribution in [3.63, 3.8) is 0 Å². The van der Waals surface area contributed by atoms with Crippen LogP contribution in [0.3, 0.4) is 0 Å². The number of carbonyl (C=O) groups is 4. The molecule has 1 spiro atoms. The van der Waals surface area contributed by atoms with E-state index in [0.717, 1.165) is 32.1 Å². The van der Waals surface area contributed by atoms with Crippen LogP contribution in [0.15, 0.2) is 0 Å². The van der Waals surface area contributed by atoms with E-state index < -0.39 is 48.4 Å². The maximum absolute atomic E-state index is 13.3. The molecule has 0 aromatic rings. The van der Waals surface area contributed by atoms with Gasteiger partial charge in [0.1, 0.15) is 18.7 Å². The van der Waals surface area contributed by atoms with Crippen molar-refractivity contribution in [2.24, 2.45) is 0 Å². The van der Waals surface area contributed by atoms with E-state index in [-0.39, 0.29) is 32.9 Å². The predicted octanol–water partition coefficient (Wildman–Crippen LogP) is 1.65. The molecule has 0 bridgehead atoms. The van der Waals surface area contributed by atoms with E-state index in [1.54, 1.807) is 37.4 Å². The van der Waals surface area contributed by atoms with Crippen molar-refractivity contribution in [2.45, 2.75) is 63.8 Å². The Kier molecular flexibility index (Phi) is 11.3. The molecule has 11 nitrogen and oxygen atoms in total. The minimum absolute atomic E-state index is 0.125. The van der Waals surface area contributed by atoms with Crippen LogP contribution in [-0.2, 0) is 37.5 Å². The van der Waals surface area contributed by atoms with Crippen LogP contribution in [-0.4, -0.2) is 84.3 Å². The third-order valence-electron chi connectivity index (χ3n) is 5.60. The summed E-state index contributed by atoms with van der Waals surface area (Å²) in [6.45, 7) is 4.81. The lowest BCUT2D eigenvalue weighted by atomic mass is 9.92. The lowest BCUT2D eigenvalue weighted by Gasteiger charge is -2.42. The molecule has 1 aliphatic heterocycles. The molecule has 1 heterocycles. The zero-order valence-corrected chi connectivity index (χ0v) is 21.8. The average molecular weight is 522 g/mol. The van der Waals surface area contributed by atoms with E-state index in [2.05, 4.69) is 10.6 Å². The zero-order chi connectivity index (χ0) is 25.2. The Morgan fingerprint density at radius 3 is 2.21 bits per heavy atom. The summed E-state index contributed by atoms with van der Waals surface area (Å²) < 4.78 is 27.7. The van der Waals surface area contributed by atoms with Crippen molar-refractivity contribution in [2.75, 3.05) is 44.8 Å². The van der Waals surface area contributed by atoms with Gasteiger partial charge in [0.2, 0.25) is 17.7 Å². The SMILES string of the molecule is CCOC(=O)CNC(=O)C1CSC2(CCCCC2)N1C(=O)CNC(=O)CP(=O)(OCC)OCC. The number of ether oxygens (including phenoxy) is 1. The number of hydrogen-bond acceptors (Lipinski definition) is 9. The van der Waals surface area contributed by atoms with Crippen LogP contribution >= 0.6 is 19.4 Å². The molecule has 3 amide bonds. The van der Waals surface area contributed by atoms with Gasteiger partial charge in [-0.3, -0.25) is 23.7 Å². The molecule has 0 aromatic carbocycles. The molecule has 0 radical (unpaired) electrons. The van der Waals surface area contributed by atoms with Crippen molar-refractivity contribution >= 4 is 43.0 Å². The Morgan fingerprint density at radius 1 is 0.971 bits per heavy atom. The lowest BCUT2D eigenvalue weighted by molar-refractivity contribution is -0.146. The summed E-state index contributed by atoms with van der Waals surface area (Å²) in [5, 5.41) is 5.06. The summed E-state index contributed by atoms with van der Waals surface area (Å²) in [6.07, 6.45) is 3.94. The average Bonchev–Trinajstić information content (AvgIpc) is 3.15. The lowest BCUT2D eigenvalue weighted by Crippen LogP contribution is -2.58. The number of rotatable bonds is 12. The maximum Gasteiger partial charge on any atom is 0.340 e. The third kappa shape index (κ3) is 7.69. The molecule has 2 aliphatic rings. The fraction of sp³-hybridized carbons (Fsp3) is 0.810. The monoisotopic (exact) mass is 521 g/mol. The summed E-state index contributed by atoms with van der Waals surface area (Å²) in [7, 11) is -3.59. The van der Waals surface area contributed by atoms with Crippen LogP contribution < -0.4 is 10.6 Å². The summed E-state index contributed by atoms with van der Waals surface area (Å²) in [5.41, 5.74) is 0. The van der Waals surface area contributed by atoms with Crippen molar-refractivity contribution in [1.29, 1.82) is 0 Å². The van der Waals surface area contributed by atoms with E-state index >= 15 is 0 Å². The smallest absolute Gasteiger partial charge is 0.340 e. The Balaban J connectivity index is 2.07. The first-order chi connectivity index (χ1) is 16.2. The molecule has 2 rings (SSSR count). The molecule has 1 saturated carbocycles. The minimum atomic E-state index is -3.59. The van der Waals surface area contributed by atoms with Crippen LogP contribution in [0, 0.1) is 0 Å². The van der Waals surface area contributed by atoms with Gasteiger partial charge >= 0.3 is 13.6 Å². The summed E-state index contributed by atoms with van der Waals surface area (Å²) in [5.74, 6) is -1.62. The maximum atomic E-state index is 13.3. The fourth-order valence-electron chi connectivity index (χ4n) is 4.25. The van der Waals surface area contributed by atoms with Crippen LogP contribution in [0.4, 0.5) is 0 Å². The van der Waals surface area contributed by atoms with Crippen LogP contribution in [0.5, 0.6) is 0 Å². The molecule has 2 N–H and O–H groups in total. The van der Waals surface area contributed by atoms with E-state index in [1.807, 2.05) is 0 Å². The second-order valence-corrected chi connectivity index (χ2v) is 11.4. The van der Waals surface area contributed by atoms with Crippen molar-refractivity contribution in [3.05, 3.63) is 0 Å². The van der Waals surface area contributed by atoms with E-state index in [9.17, 15) is 23.7 Å². The first-order valence-corrected chi connectivity index (χ1v) is 14.5. The molecule has 194 valence electrons. The van der Waals surface area contributed by atoms with Gasteiger partial charge in [-0.05, 0) is 33.6 Å². The van der Waals surface area contributed by atoms with Gasteiger partial charge in [-0.1, -0.05) is 19.3 Å². The number of carbonyl (C=O) groups excluding carboxylic acids is 4. The normalized spacial score (nSPS) is 19.6. The first-order valence-electron chi connectivity index (χ1n) is 11.7. The largest absolute Gasteiger partial charge is 0.465 e. The highest BCUT2D eigenvalue weighted by Crippen LogP contribution is 2.49. The summed E-state index contributed by atoms with van der Waals surface area (Å²) >= 11 is 1.57. The predicted molar refractivity (Wildman–Crippen MR) is 127 cm³/mol. The standard InChI is InChI=1S/C21H36N3O8PS/c1-4-30-19(27)13-23-20(28)16-15-34-21(10-8-7-9-11-21)24(16)18(26)12-22-17(25)14-33(29,31-5-2)32-6-3/h16H,4-15H2,1-3H3,(H,22,25)(H,23,28). The van der Waals surface area contributed by atoms with Crippen molar-refractivity contribution in [1.82, 2.24) is 15.5 Å². The van der Waals surface area contributed by atoms with Crippen LogP contribution in [0.1, 0.15) is 52.9 Å². The third-order valence-corrected chi connectivity index (χ3v) is 9.21. The molecule has 1 unspecified atom stereocenters. The van der Waals surface area contributed by atoms with E-state index in [1.165, 1.54) is 0 Å². The molecule has 0 aromatic heterocycles. The van der Waals surface area contributed by atoms with Crippen molar-refractivity contribution in [3.8, 4) is 0 Å². The number of nitrogens with zero attached hydrogens (tertiary/aromatic N) is 1. The zero-order valence-electron chi connectivity index (χ0n) is 20.1. The molecule has 13 heteroatoms. The van der Waals surface area contributed by atoms with Gasteiger partial charge < -0.3 is 29.3 Å². The quantitative estimate of drug-likeness (QED) is 0.290. The second-order valence-electron chi connectivity index (χ2n) is 8.00. The van der Waals surface area contributed by atoms with Gasteiger partial charge in [0.05, 0.1) is 31.2 Å². The summed E-state index contributed by atoms with van der Waals surface area (Å²) in [6, 6.07) is -0.764. The Morgan fingerprint density at radius 2 is 1.62 bits per heavy atom. The highest BCUT2D eigenvalue weighted by Gasteiger charge is 2.52. The highest BCUT2D eigenvalue weighted by molar-refractivity contribution is 8.01. The molecule has 1 atom stereocenters. The topological polar surface area (TPSA) is 140 Å². The molecule has 2 fully saturated rings. The van der Waals surface area contributed by atoms with Crippen LogP contribution in [0.25, 0.3) is 0 Å². The number of hydrogen-bond donors (Lipinski definition) is 2. The van der Waals surface area contributed by atoms with Gasteiger partial charge in [-0.25, -0.2) is 0 Å². The molecular weight excluding hydrogens is 485 g/mol. The number of nitrogens with one attached hydrogen (secondary N) is 2. The Hall–Kier alpha value is -1.62. The number of esters is 1. The van der Waals surface area contributed by atoms with Gasteiger partial charge in [0.15, 0.2) is 0 Å². The molecule has 34 heavy (non-hydrogen) atoms. The molecule has 1 aliphatic carbocycles. The summed E-state index contributed by atoms with van der Waals surface area (Å²) in [4.78, 5) is 51.3. The van der Waals surface area contributed by atoms with Crippen molar-refractivity contribution < 1.29 is 37.5 Å². The first kappa shape index (κ1) is 28.6. The molecule has 1 saturated heterocycles. The van der Waals surface area contributed by atoms with Gasteiger partial charge in [0, 0.05) is 5.75 Å². The Bertz CT molecular complexity index is 780. The van der Waals surface area contributed by atoms with Gasteiger partial charge in [0.25, 0.3) is 0 Å². The van der Waals surface area contributed by atoms with Crippen LogP contribution in [0.2, 0.25) is 0 Å². The fourth-order valence-corrected chi connectivity index (χ4v) is 7.47. The van der Waals surface area contributed by atoms with E-state index in [4.69, 9.17) is 13.8 Å². The Labute approximate surface area is 204 Å². The number of thioether (sulfide) groups is 1. The minimum Gasteiger partial charge on any atom is -0.465 e. The number of amides is 3. The highest BCUT2D eigenvalue weighted by atomic mass is 32.2. The van der Waals surface area contributed by atoms with Gasteiger partial charge in [-0.15, -0.1) is 11.8 Å². The van der Waals surface area contributed by atoms with Gasteiger partial charge in [-0.2, -0.15) is 0 Å². The van der Waals surface area contributed by atoms with E-state index in [0.29, 0.717) is 5.75 Å².